The van der Waals surface area contributed by atoms with Crippen LogP contribution >= 0.6 is 11.8 Å². The second kappa shape index (κ2) is 8.65. The van der Waals surface area contributed by atoms with E-state index < -0.39 is 0 Å². The van der Waals surface area contributed by atoms with Crippen molar-refractivity contribution in [2.24, 2.45) is 0 Å². The summed E-state index contributed by atoms with van der Waals surface area (Å²) in [6, 6.07) is 9.67. The zero-order chi connectivity index (χ0) is 21.1. The number of thioether (sulfide) groups is 1. The number of ketones is 1. The highest BCUT2D eigenvalue weighted by atomic mass is 32.2. The van der Waals surface area contributed by atoms with Gasteiger partial charge in [0.25, 0.3) is 0 Å². The Balaban J connectivity index is 1.77. The first-order valence-corrected chi connectivity index (χ1v) is 10.4. The number of carbonyl (C=O) groups excluding carboxylic acids is 2. The van der Waals surface area contributed by atoms with Crippen LogP contribution < -0.4 is 5.32 Å². The summed E-state index contributed by atoms with van der Waals surface area (Å²) < 4.78 is 3.98. The van der Waals surface area contributed by atoms with E-state index in [-0.39, 0.29) is 17.4 Å². The Bertz CT molecular complexity index is 1050. The lowest BCUT2D eigenvalue weighted by molar-refractivity contribution is -0.114. The molecule has 0 atom stereocenters. The van der Waals surface area contributed by atoms with Crippen molar-refractivity contribution in [2.75, 3.05) is 11.1 Å². The van der Waals surface area contributed by atoms with Gasteiger partial charge in [0.05, 0.1) is 11.4 Å². The molecule has 0 bridgehead atoms. The van der Waals surface area contributed by atoms with Crippen molar-refractivity contribution in [3.05, 3.63) is 53.6 Å². The van der Waals surface area contributed by atoms with Crippen LogP contribution in [0.4, 0.5) is 5.69 Å². The molecule has 2 heterocycles. The van der Waals surface area contributed by atoms with Gasteiger partial charge in [0.1, 0.15) is 6.33 Å². The van der Waals surface area contributed by atoms with Gasteiger partial charge in [0.15, 0.2) is 10.9 Å². The monoisotopic (exact) mass is 411 g/mol. The van der Waals surface area contributed by atoms with E-state index in [1.807, 2.05) is 44.2 Å². The molecule has 0 aliphatic carbocycles. The molecule has 1 N–H and O–H groups in total. The van der Waals surface area contributed by atoms with Gasteiger partial charge in [-0.25, -0.2) is 0 Å². The van der Waals surface area contributed by atoms with Gasteiger partial charge in [-0.15, -0.1) is 10.2 Å². The smallest absolute Gasteiger partial charge is 0.221 e. The lowest BCUT2D eigenvalue weighted by atomic mass is 10.2. The van der Waals surface area contributed by atoms with E-state index >= 15 is 0 Å². The highest BCUT2D eigenvalue weighted by Gasteiger charge is 2.18. The maximum atomic E-state index is 12.8. The first-order valence-electron chi connectivity index (χ1n) is 9.40. The summed E-state index contributed by atoms with van der Waals surface area (Å²) in [4.78, 5) is 24.1. The fourth-order valence-electron chi connectivity index (χ4n) is 3.50. The molecule has 152 valence electrons. The minimum absolute atomic E-state index is 0.0662. The highest BCUT2D eigenvalue weighted by Crippen LogP contribution is 2.25. The zero-order valence-corrected chi connectivity index (χ0v) is 18.1. The number of Topliss-reactive ketones (excluding diaryl/α,β-unsaturated/α-hetero) is 1. The number of nitrogens with one attached hydrogen (secondary N) is 1. The number of benzene rings is 1. The van der Waals surface area contributed by atoms with Crippen LogP contribution in [0.1, 0.15) is 48.6 Å². The molecule has 3 rings (SSSR count). The fourth-order valence-corrected chi connectivity index (χ4v) is 4.31. The predicted octanol–water partition coefficient (Wildman–Crippen LogP) is 4.20. The van der Waals surface area contributed by atoms with Gasteiger partial charge >= 0.3 is 0 Å². The summed E-state index contributed by atoms with van der Waals surface area (Å²) >= 11 is 1.35. The van der Waals surface area contributed by atoms with Gasteiger partial charge in [-0.3, -0.25) is 14.2 Å². The van der Waals surface area contributed by atoms with Gasteiger partial charge in [0.2, 0.25) is 5.91 Å². The Labute approximate surface area is 174 Å². The highest BCUT2D eigenvalue weighted by molar-refractivity contribution is 7.99. The molecule has 0 aliphatic rings. The summed E-state index contributed by atoms with van der Waals surface area (Å²) in [6.07, 6.45) is 1.60. The number of carbonyl (C=O) groups is 2. The predicted molar refractivity (Wildman–Crippen MR) is 115 cm³/mol. The fraction of sp³-hybridized carbons (Fsp3) is 0.333. The second-order valence-electron chi connectivity index (χ2n) is 7.18. The van der Waals surface area contributed by atoms with Crippen LogP contribution in [0.25, 0.3) is 5.69 Å². The molecule has 2 aromatic heterocycles. The average molecular weight is 412 g/mol. The van der Waals surface area contributed by atoms with E-state index in [1.54, 1.807) is 10.9 Å². The summed E-state index contributed by atoms with van der Waals surface area (Å²) in [5, 5.41) is 11.5. The Kier molecular flexibility index (Phi) is 6.22. The van der Waals surface area contributed by atoms with E-state index in [1.165, 1.54) is 18.7 Å². The quantitative estimate of drug-likeness (QED) is 0.465. The maximum absolute atomic E-state index is 12.8. The maximum Gasteiger partial charge on any atom is 0.221 e. The van der Waals surface area contributed by atoms with E-state index in [0.29, 0.717) is 16.9 Å². The van der Waals surface area contributed by atoms with Gasteiger partial charge in [-0.2, -0.15) is 0 Å². The third kappa shape index (κ3) is 4.59. The van der Waals surface area contributed by atoms with Gasteiger partial charge in [-0.05, 0) is 52.0 Å². The topological polar surface area (TPSA) is 81.8 Å². The number of hydrogen-bond acceptors (Lipinski definition) is 5. The Morgan fingerprint density at radius 1 is 1.21 bits per heavy atom. The second-order valence-corrected chi connectivity index (χ2v) is 8.12. The molecule has 0 spiro atoms. The number of amides is 1. The molecule has 0 radical (unpaired) electrons. The van der Waals surface area contributed by atoms with Crippen LogP contribution in [-0.2, 0) is 4.79 Å². The molecular weight excluding hydrogens is 386 g/mol. The first kappa shape index (κ1) is 20.9. The van der Waals surface area contributed by atoms with Crippen molar-refractivity contribution >= 4 is 29.1 Å². The molecule has 8 heteroatoms. The molecule has 29 heavy (non-hydrogen) atoms. The summed E-state index contributed by atoms with van der Waals surface area (Å²) in [7, 11) is 0. The van der Waals surface area contributed by atoms with Crippen LogP contribution in [0.3, 0.4) is 0 Å². The van der Waals surface area contributed by atoms with Crippen LogP contribution in [0.15, 0.2) is 41.8 Å². The van der Waals surface area contributed by atoms with Gasteiger partial charge in [-0.1, -0.05) is 17.8 Å². The average Bonchev–Trinajstić information content (AvgIpc) is 3.23. The molecule has 0 fully saturated rings. The van der Waals surface area contributed by atoms with Crippen molar-refractivity contribution < 1.29 is 9.59 Å². The third-order valence-corrected chi connectivity index (χ3v) is 5.54. The minimum Gasteiger partial charge on any atom is -0.346 e. The normalized spacial score (nSPS) is 11.1. The number of hydrogen-bond donors (Lipinski definition) is 1. The summed E-state index contributed by atoms with van der Waals surface area (Å²) in [5.41, 5.74) is 4.34. The first-order chi connectivity index (χ1) is 13.8. The molecule has 0 aliphatic heterocycles. The van der Waals surface area contributed by atoms with Crippen molar-refractivity contribution in [3.63, 3.8) is 0 Å². The van der Waals surface area contributed by atoms with E-state index in [4.69, 9.17) is 0 Å². The number of rotatable bonds is 7. The molecule has 3 aromatic rings. The number of anilines is 1. The molecule has 0 saturated carbocycles. The van der Waals surface area contributed by atoms with Crippen LogP contribution in [-0.4, -0.2) is 36.8 Å². The lowest BCUT2D eigenvalue weighted by Crippen LogP contribution is -2.09. The van der Waals surface area contributed by atoms with E-state index in [2.05, 4.69) is 33.9 Å². The van der Waals surface area contributed by atoms with Crippen molar-refractivity contribution in [1.29, 1.82) is 0 Å². The number of nitrogens with zero attached hydrogens (tertiary/aromatic N) is 4. The SMILES string of the molecule is CC(=O)Nc1cccc(-n2cnnc2SCC(=O)c2cc(C)n(C(C)C)c2C)c1. The summed E-state index contributed by atoms with van der Waals surface area (Å²) in [6.45, 7) is 9.70. The standard InChI is InChI=1S/C21H25N5O2S/c1-13(2)26-14(3)9-19(15(26)4)20(28)11-29-21-24-22-12-25(21)18-8-6-7-17(10-18)23-16(5)27/h6-10,12-13H,11H2,1-5H3,(H,23,27). The van der Waals surface area contributed by atoms with E-state index in [0.717, 1.165) is 22.6 Å². The third-order valence-electron chi connectivity index (χ3n) is 4.59. The Morgan fingerprint density at radius 3 is 2.62 bits per heavy atom. The number of aryl methyl sites for hydroxylation is 1. The Morgan fingerprint density at radius 2 is 1.97 bits per heavy atom. The minimum atomic E-state index is -0.134. The molecule has 0 unspecified atom stereocenters. The van der Waals surface area contributed by atoms with Crippen molar-refractivity contribution in [3.8, 4) is 5.69 Å². The Hall–Kier alpha value is -2.87. The van der Waals surface area contributed by atoms with Crippen molar-refractivity contribution in [1.82, 2.24) is 19.3 Å². The van der Waals surface area contributed by atoms with Gasteiger partial charge in [0, 0.05) is 35.6 Å². The lowest BCUT2D eigenvalue weighted by Gasteiger charge is -2.13. The zero-order valence-electron chi connectivity index (χ0n) is 17.3. The molecule has 1 amide bonds. The van der Waals surface area contributed by atoms with Gasteiger partial charge < -0.3 is 9.88 Å². The molecular formula is C21H25N5O2S. The van der Waals surface area contributed by atoms with Crippen LogP contribution in [0, 0.1) is 13.8 Å². The van der Waals surface area contributed by atoms with Crippen LogP contribution in [0.2, 0.25) is 0 Å². The summed E-state index contributed by atoms with van der Waals surface area (Å²) in [5.74, 6) is 0.202. The van der Waals surface area contributed by atoms with Crippen molar-refractivity contribution in [2.45, 2.75) is 45.8 Å². The largest absolute Gasteiger partial charge is 0.346 e. The van der Waals surface area contributed by atoms with Crippen LogP contribution in [0.5, 0.6) is 0 Å². The molecule has 7 nitrogen and oxygen atoms in total. The number of aromatic nitrogens is 4. The molecule has 1 aromatic carbocycles. The molecule has 0 saturated heterocycles. The van der Waals surface area contributed by atoms with E-state index in [9.17, 15) is 9.59 Å².